The van der Waals surface area contributed by atoms with E-state index in [1.807, 2.05) is 17.5 Å². The topological polar surface area (TPSA) is 83.5 Å². The van der Waals surface area contributed by atoms with E-state index in [9.17, 15) is 13.2 Å². The molecule has 0 radical (unpaired) electrons. The molecule has 1 atom stereocenters. The molecule has 0 fully saturated rings. The Bertz CT molecular complexity index is 706. The normalized spacial score (nSPS) is 13.0. The smallest absolute Gasteiger partial charge is 0.335 e. The van der Waals surface area contributed by atoms with Crippen LogP contribution in [0.5, 0.6) is 0 Å². The fourth-order valence-corrected chi connectivity index (χ4v) is 4.06. The molecule has 0 unspecified atom stereocenters. The Morgan fingerprint density at radius 1 is 1.29 bits per heavy atom. The summed E-state index contributed by atoms with van der Waals surface area (Å²) in [5.41, 5.74) is 0.682. The van der Waals surface area contributed by atoms with Crippen molar-refractivity contribution in [3.05, 3.63) is 57.8 Å². The largest absolute Gasteiger partial charge is 0.478 e. The zero-order valence-corrected chi connectivity index (χ0v) is 12.9. The summed E-state index contributed by atoms with van der Waals surface area (Å²) in [6.45, 7) is 1.79. The highest BCUT2D eigenvalue weighted by Gasteiger charge is 2.17. The lowest BCUT2D eigenvalue weighted by Gasteiger charge is -2.12. The number of sulfonamides is 1. The van der Waals surface area contributed by atoms with Gasteiger partial charge in [-0.1, -0.05) is 18.2 Å². The number of hydrogen-bond acceptors (Lipinski definition) is 4. The summed E-state index contributed by atoms with van der Waals surface area (Å²) in [5, 5.41) is 10.7. The van der Waals surface area contributed by atoms with Crippen LogP contribution < -0.4 is 4.72 Å². The van der Waals surface area contributed by atoms with Crippen LogP contribution in [0.1, 0.15) is 33.8 Å². The second kappa shape index (κ2) is 6.38. The lowest BCUT2D eigenvalue weighted by molar-refractivity contribution is 0.0697. The summed E-state index contributed by atoms with van der Waals surface area (Å²) in [6, 6.07) is 9.28. The van der Waals surface area contributed by atoms with Crippen molar-refractivity contribution in [2.45, 2.75) is 18.7 Å². The van der Waals surface area contributed by atoms with E-state index in [0.717, 1.165) is 4.88 Å². The van der Waals surface area contributed by atoms with E-state index >= 15 is 0 Å². The number of hydrogen-bond donors (Lipinski definition) is 2. The molecule has 0 saturated heterocycles. The molecule has 112 valence electrons. The molecule has 0 saturated carbocycles. The number of aromatic carboxylic acids is 1. The minimum atomic E-state index is -3.48. The number of benzene rings is 1. The molecule has 7 heteroatoms. The number of carboxylic acids is 1. The molecule has 2 N–H and O–H groups in total. The number of carboxylic acid groups (broad SMARTS) is 1. The first-order chi connectivity index (χ1) is 9.87. The summed E-state index contributed by atoms with van der Waals surface area (Å²) in [7, 11) is -3.48. The van der Waals surface area contributed by atoms with Gasteiger partial charge in [-0.2, -0.15) is 0 Å². The standard InChI is InChI=1S/C14H15NO4S2/c1-10(13-3-2-8-20-13)15-21(18,19)9-11-4-6-12(7-5-11)14(16)17/h2-8,10,15H,9H2,1H3,(H,16,17)/t10-/m0/s1. The molecule has 5 nitrogen and oxygen atoms in total. The highest BCUT2D eigenvalue weighted by molar-refractivity contribution is 7.88. The predicted molar refractivity (Wildman–Crippen MR) is 81.9 cm³/mol. The Labute approximate surface area is 127 Å². The molecule has 1 aromatic heterocycles. The number of rotatable bonds is 6. The molecule has 0 aliphatic heterocycles. The van der Waals surface area contributed by atoms with Crippen LogP contribution in [0, 0.1) is 0 Å². The van der Waals surface area contributed by atoms with Gasteiger partial charge in [0, 0.05) is 4.88 Å². The Kier molecular flexibility index (Phi) is 4.76. The lowest BCUT2D eigenvalue weighted by Crippen LogP contribution is -2.27. The Hall–Kier alpha value is -1.70. The molecule has 0 bridgehead atoms. The van der Waals surface area contributed by atoms with Crippen molar-refractivity contribution >= 4 is 27.3 Å². The van der Waals surface area contributed by atoms with Crippen LogP contribution >= 0.6 is 11.3 Å². The second-order valence-electron chi connectivity index (χ2n) is 4.62. The van der Waals surface area contributed by atoms with Crippen molar-refractivity contribution in [1.82, 2.24) is 4.72 Å². The van der Waals surface area contributed by atoms with E-state index < -0.39 is 16.0 Å². The van der Waals surface area contributed by atoms with Crippen molar-refractivity contribution in [3.63, 3.8) is 0 Å². The third-order valence-corrected chi connectivity index (χ3v) is 5.36. The third kappa shape index (κ3) is 4.38. The van der Waals surface area contributed by atoms with Crippen LogP contribution in [0.3, 0.4) is 0 Å². The number of thiophene rings is 1. The van der Waals surface area contributed by atoms with Gasteiger partial charge in [-0.3, -0.25) is 0 Å². The molecule has 0 spiro atoms. The van der Waals surface area contributed by atoms with Crippen LogP contribution in [0.25, 0.3) is 0 Å². The summed E-state index contributed by atoms with van der Waals surface area (Å²) in [5.74, 6) is -1.21. The molecule has 0 aliphatic carbocycles. The lowest BCUT2D eigenvalue weighted by atomic mass is 10.1. The van der Waals surface area contributed by atoms with Gasteiger partial charge in [0.2, 0.25) is 10.0 Å². The molecular weight excluding hydrogens is 310 g/mol. The highest BCUT2D eigenvalue weighted by Crippen LogP contribution is 2.19. The van der Waals surface area contributed by atoms with Gasteiger partial charge in [0.15, 0.2) is 0 Å². The maximum atomic E-state index is 12.1. The van der Waals surface area contributed by atoms with E-state index in [1.54, 1.807) is 6.92 Å². The molecule has 0 amide bonds. The van der Waals surface area contributed by atoms with Crippen LogP contribution in [0.2, 0.25) is 0 Å². The van der Waals surface area contributed by atoms with Crippen molar-refractivity contribution in [1.29, 1.82) is 0 Å². The maximum absolute atomic E-state index is 12.1. The van der Waals surface area contributed by atoms with Crippen molar-refractivity contribution < 1.29 is 18.3 Å². The SMILES string of the molecule is C[C@H](NS(=O)(=O)Cc1ccc(C(=O)O)cc1)c1cccs1. The summed E-state index contributed by atoms with van der Waals surface area (Å²) in [6.07, 6.45) is 0. The molecule has 0 aliphatic rings. The highest BCUT2D eigenvalue weighted by atomic mass is 32.2. The first-order valence-electron chi connectivity index (χ1n) is 6.23. The minimum Gasteiger partial charge on any atom is -0.478 e. The first kappa shape index (κ1) is 15.7. The zero-order valence-electron chi connectivity index (χ0n) is 11.3. The number of carbonyl (C=O) groups is 1. The summed E-state index contributed by atoms with van der Waals surface area (Å²) < 4.78 is 26.8. The molecule has 21 heavy (non-hydrogen) atoms. The second-order valence-corrected chi connectivity index (χ2v) is 7.35. The number of nitrogens with one attached hydrogen (secondary N) is 1. The fourth-order valence-electron chi connectivity index (χ4n) is 1.87. The van der Waals surface area contributed by atoms with E-state index in [4.69, 9.17) is 5.11 Å². The van der Waals surface area contributed by atoms with Crippen LogP contribution in [-0.2, 0) is 15.8 Å². The van der Waals surface area contributed by atoms with E-state index in [1.165, 1.54) is 35.6 Å². The van der Waals surface area contributed by atoms with E-state index in [2.05, 4.69) is 4.72 Å². The monoisotopic (exact) mass is 325 g/mol. The Balaban J connectivity index is 2.05. The quantitative estimate of drug-likeness (QED) is 0.855. The first-order valence-corrected chi connectivity index (χ1v) is 8.76. The predicted octanol–water partition coefficient (Wildman–Crippen LogP) is 2.63. The third-order valence-electron chi connectivity index (χ3n) is 2.88. The average molecular weight is 325 g/mol. The molecule has 1 heterocycles. The van der Waals surface area contributed by atoms with Crippen LogP contribution in [0.15, 0.2) is 41.8 Å². The maximum Gasteiger partial charge on any atom is 0.335 e. The van der Waals surface area contributed by atoms with Gasteiger partial charge in [0.05, 0.1) is 17.4 Å². The molecule has 2 aromatic rings. The van der Waals surface area contributed by atoms with E-state index in [-0.39, 0.29) is 17.4 Å². The zero-order chi connectivity index (χ0) is 15.5. The molecule has 1 aromatic carbocycles. The van der Waals surface area contributed by atoms with Crippen molar-refractivity contribution in [3.8, 4) is 0 Å². The van der Waals surface area contributed by atoms with E-state index in [0.29, 0.717) is 5.56 Å². The molecule has 2 rings (SSSR count). The van der Waals surface area contributed by atoms with Gasteiger partial charge >= 0.3 is 5.97 Å². The molecular formula is C14H15NO4S2. The summed E-state index contributed by atoms with van der Waals surface area (Å²) in [4.78, 5) is 11.7. The van der Waals surface area contributed by atoms with Gasteiger partial charge in [-0.15, -0.1) is 11.3 Å². The Morgan fingerprint density at radius 3 is 2.48 bits per heavy atom. The fraction of sp³-hybridized carbons (Fsp3) is 0.214. The Morgan fingerprint density at radius 2 is 1.95 bits per heavy atom. The van der Waals surface area contributed by atoms with Gasteiger partial charge in [0.25, 0.3) is 0 Å². The minimum absolute atomic E-state index is 0.135. The summed E-state index contributed by atoms with van der Waals surface area (Å²) >= 11 is 1.49. The van der Waals surface area contributed by atoms with Crippen molar-refractivity contribution in [2.24, 2.45) is 0 Å². The van der Waals surface area contributed by atoms with Gasteiger partial charge in [-0.05, 0) is 36.1 Å². The van der Waals surface area contributed by atoms with Gasteiger partial charge in [0.1, 0.15) is 0 Å². The van der Waals surface area contributed by atoms with Crippen molar-refractivity contribution in [2.75, 3.05) is 0 Å². The van der Waals surface area contributed by atoms with Gasteiger partial charge < -0.3 is 5.11 Å². The van der Waals surface area contributed by atoms with Crippen LogP contribution in [-0.4, -0.2) is 19.5 Å². The average Bonchev–Trinajstić information content (AvgIpc) is 2.92. The van der Waals surface area contributed by atoms with Crippen LogP contribution in [0.4, 0.5) is 0 Å². The van der Waals surface area contributed by atoms with Gasteiger partial charge in [-0.25, -0.2) is 17.9 Å².